The molecule has 0 radical (unpaired) electrons. The molecule has 4 nitrogen and oxygen atoms in total. The van der Waals surface area contributed by atoms with E-state index in [1.54, 1.807) is 0 Å². The normalized spacial score (nSPS) is 17.4. The average molecular weight is 248 g/mol. The van der Waals surface area contributed by atoms with Crippen LogP contribution >= 0.6 is 0 Å². The van der Waals surface area contributed by atoms with Crippen molar-refractivity contribution in [1.29, 1.82) is 0 Å². The monoisotopic (exact) mass is 248 g/mol. The first-order valence-corrected chi connectivity index (χ1v) is 6.63. The first-order valence-electron chi connectivity index (χ1n) is 6.63. The zero-order chi connectivity index (χ0) is 12.4. The SMILES string of the molecule is CN(CCNCc1cccc2c1OCO2)C1CC1. The molecule has 3 rings (SSSR count). The van der Waals surface area contributed by atoms with Crippen LogP contribution < -0.4 is 14.8 Å². The third-order valence-corrected chi connectivity index (χ3v) is 3.61. The van der Waals surface area contributed by atoms with Gasteiger partial charge in [-0.2, -0.15) is 0 Å². The van der Waals surface area contributed by atoms with Gasteiger partial charge in [0.25, 0.3) is 0 Å². The average Bonchev–Trinajstić information content (AvgIpc) is 3.12. The second kappa shape index (κ2) is 5.16. The molecule has 1 heterocycles. The first-order chi connectivity index (χ1) is 8.84. The van der Waals surface area contributed by atoms with E-state index in [1.165, 1.54) is 18.4 Å². The molecule has 1 aliphatic carbocycles. The predicted molar refractivity (Wildman–Crippen MR) is 69.9 cm³/mol. The first kappa shape index (κ1) is 11.8. The number of benzene rings is 1. The van der Waals surface area contributed by atoms with Gasteiger partial charge in [-0.1, -0.05) is 12.1 Å². The number of nitrogens with one attached hydrogen (secondary N) is 1. The van der Waals surface area contributed by atoms with Crippen molar-refractivity contribution < 1.29 is 9.47 Å². The van der Waals surface area contributed by atoms with Crippen LogP contribution in [0.5, 0.6) is 11.5 Å². The maximum absolute atomic E-state index is 5.48. The number of hydrogen-bond acceptors (Lipinski definition) is 4. The number of hydrogen-bond donors (Lipinski definition) is 1. The van der Waals surface area contributed by atoms with Gasteiger partial charge in [-0.25, -0.2) is 0 Å². The molecule has 0 aromatic heterocycles. The van der Waals surface area contributed by atoms with E-state index in [-0.39, 0.29) is 0 Å². The van der Waals surface area contributed by atoms with Gasteiger partial charge in [0, 0.05) is 31.2 Å². The molecule has 0 spiro atoms. The second-order valence-corrected chi connectivity index (χ2v) is 5.04. The number of nitrogens with zero attached hydrogens (tertiary/aromatic N) is 1. The third-order valence-electron chi connectivity index (χ3n) is 3.61. The van der Waals surface area contributed by atoms with Crippen LogP contribution in [0.3, 0.4) is 0 Å². The van der Waals surface area contributed by atoms with Crippen molar-refractivity contribution in [2.75, 3.05) is 26.9 Å². The van der Waals surface area contributed by atoms with E-state index in [0.717, 1.165) is 37.2 Å². The van der Waals surface area contributed by atoms with Gasteiger partial charge in [-0.05, 0) is 26.0 Å². The number of likely N-dealkylation sites (N-methyl/N-ethyl adjacent to an activating group) is 1. The summed E-state index contributed by atoms with van der Waals surface area (Å²) < 4.78 is 10.8. The molecule has 1 saturated carbocycles. The topological polar surface area (TPSA) is 33.7 Å². The van der Waals surface area contributed by atoms with Crippen LogP contribution in [0.25, 0.3) is 0 Å². The molecule has 1 aliphatic heterocycles. The van der Waals surface area contributed by atoms with Crippen LogP contribution in [-0.2, 0) is 6.54 Å². The quantitative estimate of drug-likeness (QED) is 0.775. The fraction of sp³-hybridized carbons (Fsp3) is 0.571. The molecule has 2 aliphatic rings. The highest BCUT2D eigenvalue weighted by Gasteiger charge is 2.25. The Balaban J connectivity index is 1.46. The maximum Gasteiger partial charge on any atom is 0.231 e. The summed E-state index contributed by atoms with van der Waals surface area (Å²) in [7, 11) is 2.20. The van der Waals surface area contributed by atoms with Gasteiger partial charge in [0.15, 0.2) is 11.5 Å². The number of fused-ring (bicyclic) bond motifs is 1. The molecule has 1 N–H and O–H groups in total. The Morgan fingerprint density at radius 3 is 3.06 bits per heavy atom. The van der Waals surface area contributed by atoms with E-state index in [9.17, 15) is 0 Å². The summed E-state index contributed by atoms with van der Waals surface area (Å²) in [5.74, 6) is 1.77. The molecular formula is C14H20N2O2. The lowest BCUT2D eigenvalue weighted by Gasteiger charge is -2.16. The summed E-state index contributed by atoms with van der Waals surface area (Å²) in [6, 6.07) is 6.89. The lowest BCUT2D eigenvalue weighted by molar-refractivity contribution is 0.173. The van der Waals surface area contributed by atoms with Crippen LogP contribution in [0, 0.1) is 0 Å². The Kier molecular flexibility index (Phi) is 3.39. The largest absolute Gasteiger partial charge is 0.454 e. The van der Waals surface area contributed by atoms with Gasteiger partial charge >= 0.3 is 0 Å². The third kappa shape index (κ3) is 2.60. The van der Waals surface area contributed by atoms with Crippen molar-refractivity contribution in [3.8, 4) is 11.5 Å². The van der Waals surface area contributed by atoms with E-state index in [0.29, 0.717) is 6.79 Å². The molecule has 0 saturated heterocycles. The van der Waals surface area contributed by atoms with E-state index in [1.807, 2.05) is 12.1 Å². The number of rotatable bonds is 6. The van der Waals surface area contributed by atoms with Gasteiger partial charge in [-0.3, -0.25) is 0 Å². The van der Waals surface area contributed by atoms with Crippen LogP contribution in [0.15, 0.2) is 18.2 Å². The summed E-state index contributed by atoms with van der Waals surface area (Å²) in [4.78, 5) is 2.43. The molecule has 0 unspecified atom stereocenters. The summed E-state index contributed by atoms with van der Waals surface area (Å²) >= 11 is 0. The van der Waals surface area contributed by atoms with Crippen molar-refractivity contribution in [2.45, 2.75) is 25.4 Å². The Morgan fingerprint density at radius 2 is 2.22 bits per heavy atom. The van der Waals surface area contributed by atoms with Crippen LogP contribution in [-0.4, -0.2) is 37.9 Å². The van der Waals surface area contributed by atoms with E-state index < -0.39 is 0 Å². The minimum atomic E-state index is 0.344. The minimum absolute atomic E-state index is 0.344. The molecule has 1 fully saturated rings. The van der Waals surface area contributed by atoms with E-state index >= 15 is 0 Å². The molecule has 98 valence electrons. The highest BCUT2D eigenvalue weighted by Crippen LogP contribution is 2.35. The van der Waals surface area contributed by atoms with Gasteiger partial charge in [0.1, 0.15) is 0 Å². The van der Waals surface area contributed by atoms with Gasteiger partial charge < -0.3 is 19.7 Å². The van der Waals surface area contributed by atoms with Crippen molar-refractivity contribution in [3.63, 3.8) is 0 Å². The molecule has 0 amide bonds. The summed E-state index contributed by atoms with van der Waals surface area (Å²) in [6.07, 6.45) is 2.74. The second-order valence-electron chi connectivity index (χ2n) is 5.04. The number of ether oxygens (including phenoxy) is 2. The Hall–Kier alpha value is -1.26. The summed E-state index contributed by atoms with van der Waals surface area (Å²) in [6.45, 7) is 3.30. The Morgan fingerprint density at radius 1 is 1.33 bits per heavy atom. The zero-order valence-electron chi connectivity index (χ0n) is 10.8. The van der Waals surface area contributed by atoms with Crippen molar-refractivity contribution in [2.24, 2.45) is 0 Å². The van der Waals surface area contributed by atoms with Crippen molar-refractivity contribution in [1.82, 2.24) is 10.2 Å². The van der Waals surface area contributed by atoms with Crippen molar-refractivity contribution in [3.05, 3.63) is 23.8 Å². The molecule has 0 bridgehead atoms. The molecule has 1 aromatic carbocycles. The van der Waals surface area contributed by atoms with Gasteiger partial charge in [-0.15, -0.1) is 0 Å². The predicted octanol–water partition coefficient (Wildman–Crippen LogP) is 1.60. The van der Waals surface area contributed by atoms with Crippen molar-refractivity contribution >= 4 is 0 Å². The van der Waals surface area contributed by atoms with Crippen LogP contribution in [0.4, 0.5) is 0 Å². The minimum Gasteiger partial charge on any atom is -0.454 e. The lowest BCUT2D eigenvalue weighted by atomic mass is 10.2. The van der Waals surface area contributed by atoms with E-state index in [4.69, 9.17) is 9.47 Å². The maximum atomic E-state index is 5.48. The number of para-hydroxylation sites is 1. The van der Waals surface area contributed by atoms with Gasteiger partial charge in [0.2, 0.25) is 6.79 Å². The zero-order valence-corrected chi connectivity index (χ0v) is 10.8. The fourth-order valence-corrected chi connectivity index (χ4v) is 2.31. The van der Waals surface area contributed by atoms with Gasteiger partial charge in [0.05, 0.1) is 0 Å². The molecular weight excluding hydrogens is 228 g/mol. The summed E-state index contributed by atoms with van der Waals surface area (Å²) in [5.41, 5.74) is 1.18. The van der Waals surface area contributed by atoms with Crippen LogP contribution in [0.1, 0.15) is 18.4 Å². The molecule has 18 heavy (non-hydrogen) atoms. The Bertz CT molecular complexity index is 418. The smallest absolute Gasteiger partial charge is 0.231 e. The standard InChI is InChI=1S/C14H20N2O2/c1-16(12-5-6-12)8-7-15-9-11-3-2-4-13-14(11)18-10-17-13/h2-4,12,15H,5-10H2,1H3. The molecule has 0 atom stereocenters. The fourth-order valence-electron chi connectivity index (χ4n) is 2.31. The van der Waals surface area contributed by atoms with Crippen LogP contribution in [0.2, 0.25) is 0 Å². The highest BCUT2D eigenvalue weighted by atomic mass is 16.7. The highest BCUT2D eigenvalue weighted by molar-refractivity contribution is 5.48. The Labute approximate surface area is 108 Å². The lowest BCUT2D eigenvalue weighted by Crippen LogP contribution is -2.30. The molecule has 4 heteroatoms. The summed E-state index contributed by atoms with van der Waals surface area (Å²) in [5, 5.41) is 3.47. The van der Waals surface area contributed by atoms with E-state index in [2.05, 4.69) is 23.3 Å². The molecule has 1 aromatic rings.